The average Bonchev–Trinajstić information content (AvgIpc) is 2.53. The van der Waals surface area contributed by atoms with Gasteiger partial charge in [0.15, 0.2) is 6.61 Å². The molecule has 0 fully saturated rings. The summed E-state index contributed by atoms with van der Waals surface area (Å²) in [5.41, 5.74) is 0.0429. The Labute approximate surface area is 126 Å². The lowest BCUT2D eigenvalue weighted by molar-refractivity contribution is -0.136. The zero-order valence-electron chi connectivity index (χ0n) is 11.8. The van der Waals surface area contributed by atoms with E-state index in [9.17, 15) is 9.59 Å². The van der Waals surface area contributed by atoms with E-state index in [-0.39, 0.29) is 17.9 Å². The molecule has 6 nitrogen and oxygen atoms in total. The second-order valence-corrected chi connectivity index (χ2v) is 4.27. The molecule has 0 spiro atoms. The summed E-state index contributed by atoms with van der Waals surface area (Å²) in [4.78, 5) is 22.5. The maximum Gasteiger partial charge on any atom is 0.349 e. The van der Waals surface area contributed by atoms with Crippen molar-refractivity contribution in [2.75, 3.05) is 13.7 Å². The second kappa shape index (κ2) is 7.12. The van der Waals surface area contributed by atoms with Crippen molar-refractivity contribution < 1.29 is 28.9 Å². The van der Waals surface area contributed by atoms with E-state index in [0.29, 0.717) is 11.5 Å². The van der Waals surface area contributed by atoms with Crippen LogP contribution in [0.5, 0.6) is 17.2 Å². The molecule has 0 heterocycles. The second-order valence-electron chi connectivity index (χ2n) is 4.27. The van der Waals surface area contributed by atoms with Gasteiger partial charge in [-0.2, -0.15) is 0 Å². The van der Waals surface area contributed by atoms with Gasteiger partial charge in [-0.1, -0.05) is 6.07 Å². The molecule has 0 amide bonds. The van der Waals surface area contributed by atoms with Crippen molar-refractivity contribution in [3.63, 3.8) is 0 Å². The molecular weight excluding hydrogens is 288 g/mol. The largest absolute Gasteiger partial charge is 0.497 e. The van der Waals surface area contributed by atoms with Gasteiger partial charge in [-0.15, -0.1) is 0 Å². The van der Waals surface area contributed by atoms with Crippen LogP contribution >= 0.6 is 0 Å². The van der Waals surface area contributed by atoms with Crippen LogP contribution in [0.15, 0.2) is 48.5 Å². The van der Waals surface area contributed by atoms with Crippen LogP contribution in [0, 0.1) is 0 Å². The Morgan fingerprint density at radius 2 is 1.68 bits per heavy atom. The fourth-order valence-electron chi connectivity index (χ4n) is 1.67. The highest BCUT2D eigenvalue weighted by Crippen LogP contribution is 2.17. The first-order valence-electron chi connectivity index (χ1n) is 6.39. The van der Waals surface area contributed by atoms with Gasteiger partial charge >= 0.3 is 11.9 Å². The van der Waals surface area contributed by atoms with Crippen LogP contribution < -0.4 is 14.2 Å². The van der Waals surface area contributed by atoms with E-state index in [2.05, 4.69) is 0 Å². The predicted molar refractivity (Wildman–Crippen MR) is 77.5 cm³/mol. The SMILES string of the molecule is COc1ccc(OCC(=O)Oc2cccc(C(=O)O)c2)cc1. The molecule has 114 valence electrons. The summed E-state index contributed by atoms with van der Waals surface area (Å²) in [5, 5.41) is 8.86. The maximum atomic E-state index is 11.7. The van der Waals surface area contributed by atoms with Crippen molar-refractivity contribution >= 4 is 11.9 Å². The highest BCUT2D eigenvalue weighted by atomic mass is 16.6. The summed E-state index contributed by atoms with van der Waals surface area (Å²) >= 11 is 0. The van der Waals surface area contributed by atoms with Gasteiger partial charge in [-0.05, 0) is 42.5 Å². The number of carbonyl (C=O) groups excluding carboxylic acids is 1. The minimum Gasteiger partial charge on any atom is -0.497 e. The molecule has 0 saturated carbocycles. The number of carbonyl (C=O) groups is 2. The molecule has 2 aromatic rings. The standard InChI is InChI=1S/C16H14O6/c1-20-12-5-7-13(8-6-12)21-10-15(17)22-14-4-2-3-11(9-14)16(18)19/h2-9H,10H2,1H3,(H,18,19). The highest BCUT2D eigenvalue weighted by Gasteiger charge is 2.09. The van der Waals surface area contributed by atoms with Gasteiger partial charge < -0.3 is 19.3 Å². The normalized spacial score (nSPS) is 9.86. The summed E-state index contributed by atoms with van der Waals surface area (Å²) < 4.78 is 15.3. The summed E-state index contributed by atoms with van der Waals surface area (Å²) in [6.45, 7) is -0.288. The minimum atomic E-state index is -1.09. The van der Waals surface area contributed by atoms with Gasteiger partial charge in [0.2, 0.25) is 0 Å². The third kappa shape index (κ3) is 4.24. The zero-order chi connectivity index (χ0) is 15.9. The number of hydrogen-bond acceptors (Lipinski definition) is 5. The van der Waals surface area contributed by atoms with Gasteiger partial charge in [-0.3, -0.25) is 0 Å². The van der Waals surface area contributed by atoms with Gasteiger partial charge in [0.05, 0.1) is 12.7 Å². The van der Waals surface area contributed by atoms with Crippen molar-refractivity contribution in [2.45, 2.75) is 0 Å². The summed E-state index contributed by atoms with van der Waals surface area (Å²) in [7, 11) is 1.55. The van der Waals surface area contributed by atoms with Crippen LogP contribution in [0.3, 0.4) is 0 Å². The lowest BCUT2D eigenvalue weighted by Crippen LogP contribution is -2.17. The van der Waals surface area contributed by atoms with Crippen LogP contribution in [-0.2, 0) is 4.79 Å². The first kappa shape index (κ1) is 15.4. The molecule has 2 aromatic carbocycles. The molecule has 0 saturated heterocycles. The molecule has 0 aliphatic carbocycles. The molecule has 0 atom stereocenters. The fraction of sp³-hybridized carbons (Fsp3) is 0.125. The number of carboxylic acid groups (broad SMARTS) is 1. The molecule has 1 N–H and O–H groups in total. The third-order valence-corrected chi connectivity index (χ3v) is 2.73. The van der Waals surface area contributed by atoms with E-state index in [0.717, 1.165) is 0 Å². The van der Waals surface area contributed by atoms with Crippen LogP contribution in [0.1, 0.15) is 10.4 Å². The van der Waals surface area contributed by atoms with Crippen LogP contribution in [0.2, 0.25) is 0 Å². The highest BCUT2D eigenvalue weighted by molar-refractivity contribution is 5.88. The van der Waals surface area contributed by atoms with Gasteiger partial charge in [0, 0.05) is 0 Å². The molecule has 22 heavy (non-hydrogen) atoms. The van der Waals surface area contributed by atoms with E-state index in [1.807, 2.05) is 0 Å². The fourth-order valence-corrected chi connectivity index (χ4v) is 1.67. The first-order valence-corrected chi connectivity index (χ1v) is 6.39. The topological polar surface area (TPSA) is 82.1 Å². The number of ether oxygens (including phenoxy) is 3. The summed E-state index contributed by atoms with van der Waals surface area (Å²) in [6.07, 6.45) is 0. The van der Waals surface area contributed by atoms with Crippen molar-refractivity contribution in [3.8, 4) is 17.2 Å². The Bertz CT molecular complexity index is 663. The third-order valence-electron chi connectivity index (χ3n) is 2.73. The number of hydrogen-bond donors (Lipinski definition) is 1. The Morgan fingerprint density at radius 3 is 2.32 bits per heavy atom. The van der Waals surface area contributed by atoms with Crippen molar-refractivity contribution in [1.29, 1.82) is 0 Å². The zero-order valence-corrected chi connectivity index (χ0v) is 11.8. The molecular formula is C16H14O6. The van der Waals surface area contributed by atoms with Crippen molar-refractivity contribution in [3.05, 3.63) is 54.1 Å². The first-order chi connectivity index (χ1) is 10.6. The molecule has 0 bridgehead atoms. The van der Waals surface area contributed by atoms with Crippen molar-refractivity contribution in [2.24, 2.45) is 0 Å². The average molecular weight is 302 g/mol. The van der Waals surface area contributed by atoms with E-state index in [1.165, 1.54) is 24.3 Å². The van der Waals surface area contributed by atoms with Crippen molar-refractivity contribution in [1.82, 2.24) is 0 Å². The molecule has 2 rings (SSSR count). The van der Waals surface area contributed by atoms with E-state index in [1.54, 1.807) is 31.4 Å². The molecule has 0 aliphatic heterocycles. The maximum absolute atomic E-state index is 11.7. The van der Waals surface area contributed by atoms with E-state index >= 15 is 0 Å². The Kier molecular flexibility index (Phi) is 4.98. The number of benzene rings is 2. The quantitative estimate of drug-likeness (QED) is 0.651. The molecule has 0 aliphatic rings. The minimum absolute atomic E-state index is 0.0429. The monoisotopic (exact) mass is 302 g/mol. The molecule has 0 unspecified atom stereocenters. The lowest BCUT2D eigenvalue weighted by Gasteiger charge is -2.07. The van der Waals surface area contributed by atoms with Gasteiger partial charge in [0.25, 0.3) is 0 Å². The number of rotatable bonds is 6. The molecule has 6 heteroatoms. The van der Waals surface area contributed by atoms with E-state index in [4.69, 9.17) is 19.3 Å². The summed E-state index contributed by atoms with van der Waals surface area (Å²) in [5.74, 6) is -0.383. The Hall–Kier alpha value is -3.02. The number of carboxylic acids is 1. The van der Waals surface area contributed by atoms with Crippen LogP contribution in [0.4, 0.5) is 0 Å². The van der Waals surface area contributed by atoms with Crippen LogP contribution in [-0.4, -0.2) is 30.8 Å². The van der Waals surface area contributed by atoms with Gasteiger partial charge in [0.1, 0.15) is 17.2 Å². The summed E-state index contributed by atoms with van der Waals surface area (Å²) in [6, 6.07) is 12.4. The number of methoxy groups -OCH3 is 1. The predicted octanol–water partition coefficient (Wildman–Crippen LogP) is 2.38. The number of esters is 1. The number of aromatic carboxylic acids is 1. The smallest absolute Gasteiger partial charge is 0.349 e. The molecule has 0 aromatic heterocycles. The Morgan fingerprint density at radius 1 is 1.00 bits per heavy atom. The van der Waals surface area contributed by atoms with E-state index < -0.39 is 11.9 Å². The van der Waals surface area contributed by atoms with Gasteiger partial charge in [-0.25, -0.2) is 9.59 Å². The molecule has 0 radical (unpaired) electrons. The Balaban J connectivity index is 1.89. The lowest BCUT2D eigenvalue weighted by atomic mass is 10.2. The van der Waals surface area contributed by atoms with Crippen LogP contribution in [0.25, 0.3) is 0 Å².